The van der Waals surface area contributed by atoms with Crippen molar-refractivity contribution in [3.05, 3.63) is 51.6 Å². The van der Waals surface area contributed by atoms with Crippen molar-refractivity contribution in [1.29, 1.82) is 0 Å². The standard InChI is InChI=1S/C20H23Cl2N3O/c1-12(2)17-9-19(25-16-7-14(21)6-15(22)8-16)23-11-18(17)20(26)24-10-13-4-3-5-13/h6-9,11-13H,3-5,10H2,1-2H3,(H,23,25)(H,24,26). The van der Waals surface area contributed by atoms with Crippen molar-refractivity contribution in [3.63, 3.8) is 0 Å². The van der Waals surface area contributed by atoms with Gasteiger partial charge in [-0.15, -0.1) is 0 Å². The van der Waals surface area contributed by atoms with Crippen molar-refractivity contribution < 1.29 is 4.79 Å². The van der Waals surface area contributed by atoms with Crippen LogP contribution in [0.2, 0.25) is 10.0 Å². The van der Waals surface area contributed by atoms with Gasteiger partial charge in [0.1, 0.15) is 5.82 Å². The monoisotopic (exact) mass is 391 g/mol. The normalized spacial score (nSPS) is 14.2. The highest BCUT2D eigenvalue weighted by Gasteiger charge is 2.20. The highest BCUT2D eigenvalue weighted by atomic mass is 35.5. The SMILES string of the molecule is CC(C)c1cc(Nc2cc(Cl)cc(Cl)c2)ncc1C(=O)NCC1CCC1. The smallest absolute Gasteiger partial charge is 0.253 e. The van der Waals surface area contributed by atoms with Crippen molar-refractivity contribution in [1.82, 2.24) is 10.3 Å². The molecule has 0 spiro atoms. The number of rotatable bonds is 6. The number of nitrogens with zero attached hydrogens (tertiary/aromatic N) is 1. The van der Waals surface area contributed by atoms with Gasteiger partial charge in [-0.25, -0.2) is 4.98 Å². The molecule has 1 aromatic carbocycles. The van der Waals surface area contributed by atoms with E-state index in [1.165, 1.54) is 19.3 Å². The fourth-order valence-corrected chi connectivity index (χ4v) is 3.54. The van der Waals surface area contributed by atoms with Crippen molar-refractivity contribution in [2.45, 2.75) is 39.0 Å². The van der Waals surface area contributed by atoms with Gasteiger partial charge in [-0.05, 0) is 54.5 Å². The first kappa shape index (κ1) is 19.0. The molecule has 1 fully saturated rings. The van der Waals surface area contributed by atoms with Crippen LogP contribution in [0.4, 0.5) is 11.5 Å². The fraction of sp³-hybridized carbons (Fsp3) is 0.400. The van der Waals surface area contributed by atoms with Crippen molar-refractivity contribution >= 4 is 40.6 Å². The third-order valence-electron chi connectivity index (χ3n) is 4.71. The topological polar surface area (TPSA) is 54.0 Å². The average molecular weight is 392 g/mol. The maximum absolute atomic E-state index is 12.6. The van der Waals surface area contributed by atoms with Gasteiger partial charge in [0.05, 0.1) is 5.56 Å². The Bertz CT molecular complexity index is 783. The minimum absolute atomic E-state index is 0.0505. The maximum atomic E-state index is 12.6. The Morgan fingerprint density at radius 3 is 2.46 bits per heavy atom. The number of hydrogen-bond acceptors (Lipinski definition) is 3. The molecule has 1 amide bonds. The number of halogens is 2. The number of carbonyl (C=O) groups is 1. The van der Waals surface area contributed by atoms with E-state index < -0.39 is 0 Å². The molecule has 26 heavy (non-hydrogen) atoms. The van der Waals surface area contributed by atoms with Crippen molar-refractivity contribution in [3.8, 4) is 0 Å². The zero-order valence-electron chi connectivity index (χ0n) is 15.0. The van der Waals surface area contributed by atoms with E-state index in [1.807, 2.05) is 6.07 Å². The van der Waals surface area contributed by atoms with Gasteiger partial charge in [-0.2, -0.15) is 0 Å². The van der Waals surface area contributed by atoms with Gasteiger partial charge in [-0.3, -0.25) is 4.79 Å². The van der Waals surface area contributed by atoms with Gasteiger partial charge in [0.15, 0.2) is 0 Å². The summed E-state index contributed by atoms with van der Waals surface area (Å²) in [5.41, 5.74) is 2.35. The van der Waals surface area contributed by atoms with Crippen LogP contribution in [-0.2, 0) is 0 Å². The van der Waals surface area contributed by atoms with Gasteiger partial charge in [0, 0.05) is 28.5 Å². The van der Waals surface area contributed by atoms with E-state index in [1.54, 1.807) is 24.4 Å². The van der Waals surface area contributed by atoms with Crippen LogP contribution in [0, 0.1) is 5.92 Å². The Kier molecular flexibility index (Phi) is 6.05. The first-order valence-electron chi connectivity index (χ1n) is 8.93. The molecule has 4 nitrogen and oxygen atoms in total. The second-order valence-electron chi connectivity index (χ2n) is 7.10. The van der Waals surface area contributed by atoms with Gasteiger partial charge < -0.3 is 10.6 Å². The summed E-state index contributed by atoms with van der Waals surface area (Å²) in [4.78, 5) is 17.0. The summed E-state index contributed by atoms with van der Waals surface area (Å²) in [5.74, 6) is 1.43. The number of hydrogen-bond donors (Lipinski definition) is 2. The lowest BCUT2D eigenvalue weighted by Crippen LogP contribution is -2.32. The van der Waals surface area contributed by atoms with E-state index in [0.29, 0.717) is 27.3 Å². The molecule has 0 radical (unpaired) electrons. The quantitative estimate of drug-likeness (QED) is 0.655. The zero-order valence-corrected chi connectivity index (χ0v) is 16.5. The number of anilines is 2. The summed E-state index contributed by atoms with van der Waals surface area (Å²) in [7, 11) is 0. The molecule has 1 heterocycles. The number of benzene rings is 1. The number of amides is 1. The first-order valence-corrected chi connectivity index (χ1v) is 9.69. The number of aromatic nitrogens is 1. The number of nitrogens with one attached hydrogen (secondary N) is 2. The Morgan fingerprint density at radius 1 is 1.19 bits per heavy atom. The van der Waals surface area contributed by atoms with E-state index in [9.17, 15) is 4.79 Å². The summed E-state index contributed by atoms with van der Waals surface area (Å²) in [6.07, 6.45) is 5.33. The molecule has 0 aliphatic heterocycles. The predicted octanol–water partition coefficient (Wildman–Crippen LogP) is 5.79. The number of pyridine rings is 1. The third kappa shape index (κ3) is 4.68. The van der Waals surface area contributed by atoms with E-state index in [2.05, 4.69) is 29.5 Å². The molecule has 0 unspecified atom stereocenters. The predicted molar refractivity (Wildman–Crippen MR) is 108 cm³/mol. The van der Waals surface area contributed by atoms with E-state index in [-0.39, 0.29) is 11.8 Å². The van der Waals surface area contributed by atoms with E-state index >= 15 is 0 Å². The third-order valence-corrected chi connectivity index (χ3v) is 5.15. The highest BCUT2D eigenvalue weighted by Crippen LogP contribution is 2.28. The molecule has 2 aromatic rings. The molecule has 0 atom stereocenters. The minimum Gasteiger partial charge on any atom is -0.352 e. The van der Waals surface area contributed by atoms with Crippen LogP contribution >= 0.6 is 23.2 Å². The summed E-state index contributed by atoms with van der Waals surface area (Å²) in [5, 5.41) is 7.35. The van der Waals surface area contributed by atoms with Crippen LogP contribution in [0.1, 0.15) is 54.9 Å². The molecule has 6 heteroatoms. The van der Waals surface area contributed by atoms with Crippen LogP contribution in [0.25, 0.3) is 0 Å². The van der Waals surface area contributed by atoms with Gasteiger partial charge in [0.25, 0.3) is 5.91 Å². The van der Waals surface area contributed by atoms with Gasteiger partial charge in [0.2, 0.25) is 0 Å². The summed E-state index contributed by atoms with van der Waals surface area (Å²) in [6.45, 7) is 4.88. The molecule has 1 saturated carbocycles. The van der Waals surface area contributed by atoms with Crippen LogP contribution in [0.15, 0.2) is 30.5 Å². The second kappa shape index (κ2) is 8.28. The van der Waals surface area contributed by atoms with Crippen molar-refractivity contribution in [2.75, 3.05) is 11.9 Å². The lowest BCUT2D eigenvalue weighted by Gasteiger charge is -2.25. The van der Waals surface area contributed by atoms with E-state index in [4.69, 9.17) is 23.2 Å². The van der Waals surface area contributed by atoms with E-state index in [0.717, 1.165) is 17.8 Å². The molecule has 3 rings (SSSR count). The molecular weight excluding hydrogens is 369 g/mol. The molecule has 1 aliphatic rings. The van der Waals surface area contributed by atoms with Crippen LogP contribution < -0.4 is 10.6 Å². The Balaban J connectivity index is 1.78. The molecule has 0 bridgehead atoms. The Hall–Kier alpha value is -1.78. The summed E-state index contributed by atoms with van der Waals surface area (Å²) >= 11 is 12.1. The summed E-state index contributed by atoms with van der Waals surface area (Å²) in [6, 6.07) is 7.15. The lowest BCUT2D eigenvalue weighted by molar-refractivity contribution is 0.0937. The van der Waals surface area contributed by atoms with Crippen LogP contribution in [-0.4, -0.2) is 17.4 Å². The minimum atomic E-state index is -0.0505. The lowest BCUT2D eigenvalue weighted by atomic mass is 9.85. The largest absolute Gasteiger partial charge is 0.352 e. The molecule has 1 aromatic heterocycles. The van der Waals surface area contributed by atoms with Gasteiger partial charge >= 0.3 is 0 Å². The Labute approximate surface area is 164 Å². The molecular formula is C20H23Cl2N3O. The molecule has 1 aliphatic carbocycles. The first-order chi connectivity index (χ1) is 12.4. The van der Waals surface area contributed by atoms with Crippen LogP contribution in [0.3, 0.4) is 0 Å². The van der Waals surface area contributed by atoms with Crippen LogP contribution in [0.5, 0.6) is 0 Å². The average Bonchev–Trinajstić information content (AvgIpc) is 2.52. The highest BCUT2D eigenvalue weighted by molar-refractivity contribution is 6.35. The molecule has 2 N–H and O–H groups in total. The molecule has 138 valence electrons. The number of carbonyl (C=O) groups excluding carboxylic acids is 1. The zero-order chi connectivity index (χ0) is 18.7. The molecule has 0 saturated heterocycles. The Morgan fingerprint density at radius 2 is 1.88 bits per heavy atom. The second-order valence-corrected chi connectivity index (χ2v) is 7.97. The maximum Gasteiger partial charge on any atom is 0.253 e. The van der Waals surface area contributed by atoms with Gasteiger partial charge in [-0.1, -0.05) is 43.5 Å². The van der Waals surface area contributed by atoms with Crippen molar-refractivity contribution in [2.24, 2.45) is 5.92 Å². The summed E-state index contributed by atoms with van der Waals surface area (Å²) < 4.78 is 0. The fourth-order valence-electron chi connectivity index (χ4n) is 3.01.